The van der Waals surface area contributed by atoms with E-state index in [9.17, 15) is 14.4 Å². The molecule has 0 aliphatic heterocycles. The largest absolute Gasteiger partial charge is 0.481 e. The molecule has 0 saturated carbocycles. The van der Waals surface area contributed by atoms with Crippen LogP contribution in [0.5, 0.6) is 0 Å². The Morgan fingerprint density at radius 3 is 0.821 bits per heavy atom. The maximum absolute atomic E-state index is 9.87. The van der Waals surface area contributed by atoms with E-state index in [1.165, 1.54) is 0 Å². The Balaban J connectivity index is -0.0000000866. The first-order valence-corrected chi connectivity index (χ1v) is 9.99. The third-order valence-corrected chi connectivity index (χ3v) is 2.98. The molecule has 0 amide bonds. The van der Waals surface area contributed by atoms with Gasteiger partial charge in [-0.05, 0) is 26.2 Å². The zero-order valence-electron chi connectivity index (χ0n) is 18.2. The third-order valence-electron chi connectivity index (χ3n) is 2.98. The van der Waals surface area contributed by atoms with E-state index < -0.39 is 17.9 Å². The molecule has 8 heteroatoms. The van der Waals surface area contributed by atoms with Crippen LogP contribution in [0.2, 0.25) is 0 Å². The molecule has 0 heterocycles. The van der Waals surface area contributed by atoms with Crippen molar-refractivity contribution in [3.05, 3.63) is 0 Å². The second-order valence-electron chi connectivity index (χ2n) is 5.87. The van der Waals surface area contributed by atoms with Crippen LogP contribution in [0.4, 0.5) is 0 Å². The summed E-state index contributed by atoms with van der Waals surface area (Å²) in [5.41, 5.74) is 0. The van der Waals surface area contributed by atoms with E-state index in [0.29, 0.717) is 19.3 Å². The molecule has 0 atom stereocenters. The van der Waals surface area contributed by atoms with Crippen LogP contribution in [0.25, 0.3) is 0 Å². The fourth-order valence-corrected chi connectivity index (χ4v) is 1.58. The quantitative estimate of drug-likeness (QED) is 0.287. The average Bonchev–Trinajstić information content (AvgIpc) is 2.57. The molecule has 0 radical (unpaired) electrons. The van der Waals surface area contributed by atoms with Crippen molar-refractivity contribution in [1.82, 2.24) is 0 Å². The smallest absolute Gasteiger partial charge is 0.303 e. The van der Waals surface area contributed by atoms with Crippen molar-refractivity contribution >= 4 is 17.9 Å². The molecular weight excluding hydrogens is 443 g/mol. The fourth-order valence-electron chi connectivity index (χ4n) is 1.58. The second kappa shape index (κ2) is 37.1. The van der Waals surface area contributed by atoms with Crippen molar-refractivity contribution in [3.63, 3.8) is 0 Å². The Morgan fingerprint density at radius 1 is 0.536 bits per heavy atom. The van der Waals surface area contributed by atoms with E-state index in [2.05, 4.69) is 20.8 Å². The van der Waals surface area contributed by atoms with Gasteiger partial charge in [-0.15, -0.1) is 0 Å². The number of hydrogen-bond acceptors (Lipinski definition) is 4. The van der Waals surface area contributed by atoms with Crippen molar-refractivity contribution < 1.29 is 61.0 Å². The maximum Gasteiger partial charge on any atom is 0.303 e. The van der Waals surface area contributed by atoms with Gasteiger partial charge in [0.1, 0.15) is 0 Å². The van der Waals surface area contributed by atoms with Gasteiger partial charge in [0.2, 0.25) is 0 Å². The molecule has 7 nitrogen and oxygen atoms in total. The first-order chi connectivity index (χ1) is 12.7. The Hall–Kier alpha value is -0.747. The minimum absolute atomic E-state index is 0. The number of carboxylic acid groups (broad SMARTS) is 3. The number of aliphatic hydroxyl groups excluding tert-OH is 1. The van der Waals surface area contributed by atoms with Crippen LogP contribution >= 0.6 is 0 Å². The predicted molar refractivity (Wildman–Crippen MR) is 108 cm³/mol. The molecular formula is C20H42O7Zr. The third kappa shape index (κ3) is 73.1. The molecule has 0 unspecified atom stereocenters. The number of carboxylic acids is 3. The Morgan fingerprint density at radius 2 is 0.714 bits per heavy atom. The normalized spacial score (nSPS) is 8.46. The first kappa shape index (κ1) is 37.9. The summed E-state index contributed by atoms with van der Waals surface area (Å²) in [5, 5.41) is 32.0. The van der Waals surface area contributed by atoms with E-state index in [0.717, 1.165) is 57.8 Å². The fraction of sp³-hybridized carbons (Fsp3) is 0.850. The van der Waals surface area contributed by atoms with E-state index in [4.69, 9.17) is 20.4 Å². The van der Waals surface area contributed by atoms with Crippen molar-refractivity contribution in [2.24, 2.45) is 0 Å². The zero-order valence-corrected chi connectivity index (χ0v) is 20.7. The molecule has 0 aromatic rings. The number of rotatable bonds is 12. The Kier molecular flexibility index (Phi) is 50.2. The van der Waals surface area contributed by atoms with Gasteiger partial charge in [0.15, 0.2) is 0 Å². The summed E-state index contributed by atoms with van der Waals surface area (Å²) >= 11 is 0. The van der Waals surface area contributed by atoms with Crippen LogP contribution in [0, 0.1) is 0 Å². The van der Waals surface area contributed by atoms with Gasteiger partial charge in [-0.3, -0.25) is 14.4 Å². The number of unbranched alkanes of at least 4 members (excludes halogenated alkanes) is 6. The summed E-state index contributed by atoms with van der Waals surface area (Å²) in [5.74, 6) is -2.05. The van der Waals surface area contributed by atoms with Gasteiger partial charge in [-0.25, -0.2) is 0 Å². The number of aliphatic carboxylic acids is 3. The van der Waals surface area contributed by atoms with Crippen molar-refractivity contribution in [1.29, 1.82) is 0 Å². The van der Waals surface area contributed by atoms with Gasteiger partial charge in [0.25, 0.3) is 0 Å². The molecule has 4 N–H and O–H groups in total. The minimum atomic E-state index is -0.682. The van der Waals surface area contributed by atoms with Crippen molar-refractivity contribution in [2.75, 3.05) is 6.61 Å². The summed E-state index contributed by atoms with van der Waals surface area (Å²) in [4.78, 5) is 29.6. The predicted octanol–water partition coefficient (Wildman–Crippen LogP) is 4.95. The van der Waals surface area contributed by atoms with Crippen molar-refractivity contribution in [3.8, 4) is 0 Å². The molecule has 0 bridgehead atoms. The van der Waals surface area contributed by atoms with E-state index in [-0.39, 0.29) is 32.8 Å². The second-order valence-corrected chi connectivity index (χ2v) is 5.87. The van der Waals surface area contributed by atoms with Gasteiger partial charge in [-0.1, -0.05) is 59.3 Å². The topological polar surface area (TPSA) is 132 Å². The SMILES string of the molecule is CCCCCC(=O)O.CCCCCC(=O)O.CCCCCC(=O)O.CCO.[Zr]. The maximum atomic E-state index is 9.87. The van der Waals surface area contributed by atoms with Crippen LogP contribution in [0.15, 0.2) is 0 Å². The zero-order chi connectivity index (χ0) is 21.9. The Bertz CT molecular complexity index is 276. The van der Waals surface area contributed by atoms with E-state index in [1.54, 1.807) is 6.92 Å². The van der Waals surface area contributed by atoms with Crippen LogP contribution in [-0.4, -0.2) is 44.9 Å². The Labute approximate surface area is 190 Å². The molecule has 0 aliphatic rings. The minimum Gasteiger partial charge on any atom is -0.481 e. The van der Waals surface area contributed by atoms with E-state index in [1.807, 2.05) is 0 Å². The van der Waals surface area contributed by atoms with Gasteiger partial charge in [0.05, 0.1) is 0 Å². The molecule has 0 fully saturated rings. The van der Waals surface area contributed by atoms with Gasteiger partial charge < -0.3 is 20.4 Å². The molecule has 0 aromatic heterocycles. The summed E-state index contributed by atoms with van der Waals surface area (Å²) in [6.45, 7) is 8.10. The standard InChI is InChI=1S/3C6H12O2.C2H6O.Zr/c3*1-2-3-4-5-6(7)8;1-2-3;/h3*2-5H2,1H3,(H,7,8);3H,2H2,1H3;. The summed E-state index contributed by atoms with van der Waals surface area (Å²) in [6.07, 6.45) is 9.83. The summed E-state index contributed by atoms with van der Waals surface area (Å²) in [7, 11) is 0. The van der Waals surface area contributed by atoms with Gasteiger partial charge in [-0.2, -0.15) is 0 Å². The molecule has 168 valence electrons. The molecule has 0 aliphatic carbocycles. The molecule has 0 spiro atoms. The average molecular weight is 486 g/mol. The molecule has 0 rings (SSSR count). The number of carbonyl (C=O) groups is 3. The van der Waals surface area contributed by atoms with Crippen LogP contribution in [0.1, 0.15) is 105 Å². The van der Waals surface area contributed by atoms with Crippen molar-refractivity contribution in [2.45, 2.75) is 105 Å². The molecule has 0 aromatic carbocycles. The summed E-state index contributed by atoms with van der Waals surface area (Å²) in [6, 6.07) is 0. The van der Waals surface area contributed by atoms with Crippen LogP contribution < -0.4 is 0 Å². The molecule has 0 saturated heterocycles. The molecule has 28 heavy (non-hydrogen) atoms. The number of aliphatic hydroxyl groups is 1. The monoisotopic (exact) mass is 484 g/mol. The van der Waals surface area contributed by atoms with Crippen LogP contribution in [0.3, 0.4) is 0 Å². The van der Waals surface area contributed by atoms with Gasteiger partial charge >= 0.3 is 17.9 Å². The van der Waals surface area contributed by atoms with E-state index >= 15 is 0 Å². The summed E-state index contributed by atoms with van der Waals surface area (Å²) < 4.78 is 0. The number of hydrogen-bond donors (Lipinski definition) is 4. The van der Waals surface area contributed by atoms with Crippen LogP contribution in [-0.2, 0) is 40.6 Å². The van der Waals surface area contributed by atoms with Gasteiger partial charge in [0, 0.05) is 52.1 Å². The first-order valence-electron chi connectivity index (χ1n) is 9.99.